The Morgan fingerprint density at radius 3 is 2.54 bits per heavy atom. The van der Waals surface area contributed by atoms with Crippen molar-refractivity contribution in [2.24, 2.45) is 0 Å². The van der Waals surface area contributed by atoms with E-state index in [0.29, 0.717) is 21.5 Å². The molecule has 0 aliphatic heterocycles. The lowest BCUT2D eigenvalue weighted by atomic mass is 9.97. The monoisotopic (exact) mass is 379 g/mol. The summed E-state index contributed by atoms with van der Waals surface area (Å²) in [5, 5.41) is 0.897. The van der Waals surface area contributed by atoms with Crippen LogP contribution in [0.5, 0.6) is 0 Å². The van der Waals surface area contributed by atoms with Crippen LogP contribution in [0.15, 0.2) is 42.5 Å². The average molecular weight is 380 g/mol. The highest BCUT2D eigenvalue weighted by Gasteiger charge is 2.31. The topological polar surface area (TPSA) is 39.2 Å². The number of carbonyl (C=O) groups excluding carboxylic acids is 1. The number of methoxy groups -OCH3 is 1. The molecule has 7 heteroatoms. The highest BCUT2D eigenvalue weighted by Crippen LogP contribution is 2.35. The van der Waals surface area contributed by atoms with Gasteiger partial charge in [-0.15, -0.1) is 0 Å². The molecule has 3 nitrogen and oxygen atoms in total. The maximum absolute atomic E-state index is 13.0. The van der Waals surface area contributed by atoms with Crippen molar-refractivity contribution in [3.8, 4) is 11.3 Å². The van der Waals surface area contributed by atoms with Crippen LogP contribution in [0.3, 0.4) is 0 Å². The quantitative estimate of drug-likeness (QED) is 0.538. The Balaban J connectivity index is 2.33. The molecule has 0 aliphatic rings. The van der Waals surface area contributed by atoms with Crippen LogP contribution in [0.25, 0.3) is 22.2 Å². The summed E-state index contributed by atoms with van der Waals surface area (Å²) >= 11 is 6.01. The second-order valence-corrected chi connectivity index (χ2v) is 6.13. The minimum Gasteiger partial charge on any atom is -0.465 e. The van der Waals surface area contributed by atoms with Crippen LogP contribution in [-0.4, -0.2) is 18.1 Å². The Kier molecular flexibility index (Phi) is 4.63. The number of hydrogen-bond donors (Lipinski definition) is 0. The molecule has 2 aromatic carbocycles. The van der Waals surface area contributed by atoms with E-state index in [0.717, 1.165) is 12.1 Å². The van der Waals surface area contributed by atoms with E-state index in [-0.39, 0.29) is 16.8 Å². The van der Waals surface area contributed by atoms with Crippen molar-refractivity contribution in [1.82, 2.24) is 4.98 Å². The number of halogens is 4. The SMILES string of the molecule is COC(=O)c1c(C)c(-c2cccc(C(F)(F)F)c2)nc2ccc(Cl)cc12. The van der Waals surface area contributed by atoms with Gasteiger partial charge in [-0.1, -0.05) is 23.7 Å². The molecular formula is C19H13ClF3NO2. The molecule has 0 fully saturated rings. The molecule has 0 bridgehead atoms. The van der Waals surface area contributed by atoms with Crippen molar-refractivity contribution in [1.29, 1.82) is 0 Å². The molecule has 0 N–H and O–H groups in total. The average Bonchev–Trinajstić information content (AvgIpc) is 2.60. The van der Waals surface area contributed by atoms with Crippen molar-refractivity contribution in [3.63, 3.8) is 0 Å². The van der Waals surface area contributed by atoms with E-state index in [2.05, 4.69) is 4.98 Å². The molecule has 0 aliphatic carbocycles. The number of pyridine rings is 1. The number of fused-ring (bicyclic) bond motifs is 1. The molecule has 0 amide bonds. The van der Waals surface area contributed by atoms with Gasteiger partial charge in [-0.25, -0.2) is 9.78 Å². The van der Waals surface area contributed by atoms with Gasteiger partial charge in [-0.2, -0.15) is 13.2 Å². The van der Waals surface area contributed by atoms with E-state index in [9.17, 15) is 18.0 Å². The van der Waals surface area contributed by atoms with Crippen LogP contribution in [0.1, 0.15) is 21.5 Å². The molecule has 0 spiro atoms. The molecule has 1 heterocycles. The number of rotatable bonds is 2. The maximum atomic E-state index is 13.0. The molecule has 3 rings (SSSR count). The molecule has 1 aromatic heterocycles. The highest BCUT2D eigenvalue weighted by atomic mass is 35.5. The van der Waals surface area contributed by atoms with Crippen molar-refractivity contribution in [2.45, 2.75) is 13.1 Å². The van der Waals surface area contributed by atoms with Crippen LogP contribution in [0.4, 0.5) is 13.2 Å². The van der Waals surface area contributed by atoms with Crippen molar-refractivity contribution in [3.05, 3.63) is 64.2 Å². The number of esters is 1. The summed E-state index contributed by atoms with van der Waals surface area (Å²) in [5.41, 5.74) is 0.851. The van der Waals surface area contributed by atoms with Gasteiger partial charge in [0.1, 0.15) is 0 Å². The van der Waals surface area contributed by atoms with E-state index in [1.54, 1.807) is 25.1 Å². The number of ether oxygens (including phenoxy) is 1. The summed E-state index contributed by atoms with van der Waals surface area (Å²) in [6.45, 7) is 1.62. The summed E-state index contributed by atoms with van der Waals surface area (Å²) in [6, 6.07) is 9.62. The fourth-order valence-electron chi connectivity index (χ4n) is 2.82. The van der Waals surface area contributed by atoms with Crippen LogP contribution in [-0.2, 0) is 10.9 Å². The first-order chi connectivity index (χ1) is 12.2. The first kappa shape index (κ1) is 18.2. The molecule has 0 saturated heterocycles. The molecule has 0 saturated carbocycles. The zero-order valence-electron chi connectivity index (χ0n) is 13.8. The van der Waals surface area contributed by atoms with Crippen LogP contribution >= 0.6 is 11.6 Å². The second kappa shape index (κ2) is 6.61. The summed E-state index contributed by atoms with van der Waals surface area (Å²) < 4.78 is 43.9. The minimum absolute atomic E-state index is 0.229. The first-order valence-corrected chi connectivity index (χ1v) is 7.96. The van der Waals surface area contributed by atoms with Gasteiger partial charge in [-0.05, 0) is 42.8 Å². The van der Waals surface area contributed by atoms with E-state index in [4.69, 9.17) is 16.3 Å². The highest BCUT2D eigenvalue weighted by molar-refractivity contribution is 6.31. The zero-order valence-corrected chi connectivity index (χ0v) is 14.6. The fourth-order valence-corrected chi connectivity index (χ4v) is 2.99. The molecular weight excluding hydrogens is 367 g/mol. The number of carbonyl (C=O) groups is 1. The number of nitrogens with zero attached hydrogens (tertiary/aromatic N) is 1. The number of alkyl halides is 3. The molecule has 0 atom stereocenters. The summed E-state index contributed by atoms with van der Waals surface area (Å²) in [7, 11) is 1.24. The van der Waals surface area contributed by atoms with Crippen molar-refractivity contribution < 1.29 is 22.7 Å². The largest absolute Gasteiger partial charge is 0.465 e. The Morgan fingerprint density at radius 2 is 1.88 bits per heavy atom. The zero-order chi connectivity index (χ0) is 19.1. The third-order valence-electron chi connectivity index (χ3n) is 4.04. The van der Waals surface area contributed by atoms with E-state index < -0.39 is 17.7 Å². The van der Waals surface area contributed by atoms with Crippen LogP contribution in [0.2, 0.25) is 5.02 Å². The van der Waals surface area contributed by atoms with Crippen LogP contribution in [0, 0.1) is 6.92 Å². The third-order valence-corrected chi connectivity index (χ3v) is 4.28. The number of aromatic nitrogens is 1. The van der Waals surface area contributed by atoms with E-state index >= 15 is 0 Å². The molecule has 26 heavy (non-hydrogen) atoms. The van der Waals surface area contributed by atoms with Crippen molar-refractivity contribution >= 4 is 28.5 Å². The predicted molar refractivity (Wildman–Crippen MR) is 93.3 cm³/mol. The fraction of sp³-hybridized carbons (Fsp3) is 0.158. The molecule has 0 radical (unpaired) electrons. The van der Waals surface area contributed by atoms with Gasteiger partial charge in [0, 0.05) is 16.0 Å². The Hall–Kier alpha value is -2.60. The van der Waals surface area contributed by atoms with Gasteiger partial charge in [-0.3, -0.25) is 0 Å². The Labute approximate surface area is 152 Å². The van der Waals surface area contributed by atoms with E-state index in [1.807, 2.05) is 0 Å². The summed E-state index contributed by atoms with van der Waals surface area (Å²) in [5.74, 6) is -0.606. The maximum Gasteiger partial charge on any atom is 0.416 e. The van der Waals surface area contributed by atoms with Gasteiger partial charge >= 0.3 is 12.1 Å². The lowest BCUT2D eigenvalue weighted by Gasteiger charge is -2.15. The van der Waals surface area contributed by atoms with Gasteiger partial charge < -0.3 is 4.74 Å². The summed E-state index contributed by atoms with van der Waals surface area (Å²) in [6.07, 6.45) is -4.47. The standard InChI is InChI=1S/C19H13ClF3NO2/c1-10-16(18(25)26-2)14-9-13(20)6-7-15(14)24-17(10)11-4-3-5-12(8-11)19(21,22)23/h3-9H,1-2H3. The van der Waals surface area contributed by atoms with Gasteiger partial charge in [0.15, 0.2) is 0 Å². The van der Waals surface area contributed by atoms with Gasteiger partial charge in [0.05, 0.1) is 29.4 Å². The Bertz CT molecular complexity index is 1020. The van der Waals surface area contributed by atoms with E-state index in [1.165, 1.54) is 19.2 Å². The second-order valence-electron chi connectivity index (χ2n) is 5.69. The van der Waals surface area contributed by atoms with Crippen LogP contribution < -0.4 is 0 Å². The first-order valence-electron chi connectivity index (χ1n) is 7.58. The Morgan fingerprint density at radius 1 is 1.15 bits per heavy atom. The minimum atomic E-state index is -4.47. The summed E-state index contributed by atoms with van der Waals surface area (Å²) in [4.78, 5) is 16.7. The molecule has 3 aromatic rings. The predicted octanol–water partition coefficient (Wildman–Crippen LogP) is 5.67. The lowest BCUT2D eigenvalue weighted by Crippen LogP contribution is -2.08. The lowest BCUT2D eigenvalue weighted by molar-refractivity contribution is -0.137. The van der Waals surface area contributed by atoms with Crippen molar-refractivity contribution in [2.75, 3.05) is 7.11 Å². The number of benzene rings is 2. The molecule has 0 unspecified atom stereocenters. The molecule has 134 valence electrons. The van der Waals surface area contributed by atoms with Gasteiger partial charge in [0.2, 0.25) is 0 Å². The van der Waals surface area contributed by atoms with Gasteiger partial charge in [0.25, 0.3) is 0 Å². The third kappa shape index (κ3) is 3.24. The smallest absolute Gasteiger partial charge is 0.416 e. The normalized spacial score (nSPS) is 11.6. The number of hydrogen-bond acceptors (Lipinski definition) is 3.